The van der Waals surface area contributed by atoms with Crippen LogP contribution in [-0.2, 0) is 16.1 Å². The first-order valence-corrected chi connectivity index (χ1v) is 12.4. The van der Waals surface area contributed by atoms with Gasteiger partial charge >= 0.3 is 0 Å². The maximum Gasteiger partial charge on any atom is 0.259 e. The fraction of sp³-hybridized carbons (Fsp3) is 0.148. The molecular formula is C27H20F2N4O3S. The molecule has 0 saturated heterocycles. The molecule has 186 valence electrons. The lowest BCUT2D eigenvalue weighted by Gasteiger charge is -2.25. The number of hydrogen-bond donors (Lipinski definition) is 1. The number of nitrogens with one attached hydrogen (secondary N) is 1. The number of amides is 2. The number of benzene rings is 3. The monoisotopic (exact) mass is 518 g/mol. The van der Waals surface area contributed by atoms with Gasteiger partial charge in [-0.05, 0) is 54.1 Å². The molecule has 2 aliphatic rings. The van der Waals surface area contributed by atoms with Gasteiger partial charge in [0.15, 0.2) is 11.0 Å². The van der Waals surface area contributed by atoms with E-state index in [0.717, 1.165) is 17.3 Å². The van der Waals surface area contributed by atoms with Crippen LogP contribution < -0.4 is 5.32 Å². The van der Waals surface area contributed by atoms with Crippen molar-refractivity contribution in [3.05, 3.63) is 101 Å². The highest BCUT2D eigenvalue weighted by atomic mass is 32.2. The number of para-hydroxylation sites is 1. The van der Waals surface area contributed by atoms with Crippen LogP contribution in [0.15, 0.2) is 82.8 Å². The second-order valence-corrected chi connectivity index (χ2v) is 9.32. The van der Waals surface area contributed by atoms with E-state index in [9.17, 15) is 23.2 Å². The van der Waals surface area contributed by atoms with Crippen LogP contribution in [0.2, 0.25) is 0 Å². The van der Waals surface area contributed by atoms with Crippen molar-refractivity contribution in [2.24, 2.45) is 9.98 Å². The van der Waals surface area contributed by atoms with Crippen LogP contribution >= 0.6 is 11.8 Å². The van der Waals surface area contributed by atoms with Gasteiger partial charge in [-0.25, -0.2) is 18.7 Å². The maximum absolute atomic E-state index is 13.3. The molecule has 0 aliphatic carbocycles. The number of carbonyl (C=O) groups excluding carboxylic acids is 3. The number of halogens is 2. The maximum atomic E-state index is 13.3. The van der Waals surface area contributed by atoms with Gasteiger partial charge in [0, 0.05) is 17.7 Å². The van der Waals surface area contributed by atoms with Crippen molar-refractivity contribution in [3.8, 4) is 0 Å². The highest BCUT2D eigenvalue weighted by Crippen LogP contribution is 2.34. The Balaban J connectivity index is 1.30. The van der Waals surface area contributed by atoms with E-state index in [4.69, 9.17) is 0 Å². The molecule has 0 unspecified atom stereocenters. The smallest absolute Gasteiger partial charge is 0.259 e. The molecule has 0 fully saturated rings. The molecule has 0 saturated carbocycles. The Bertz CT molecular complexity index is 1440. The van der Waals surface area contributed by atoms with E-state index in [0.29, 0.717) is 22.6 Å². The number of nitrogens with zero attached hydrogens (tertiary/aromatic N) is 3. The average Bonchev–Trinajstić information content (AvgIpc) is 3.23. The number of hydrogen-bond acceptors (Lipinski definition) is 6. The molecule has 37 heavy (non-hydrogen) atoms. The fourth-order valence-electron chi connectivity index (χ4n) is 3.93. The third kappa shape index (κ3) is 5.34. The molecule has 2 heterocycles. The first kappa shape index (κ1) is 24.5. The van der Waals surface area contributed by atoms with Gasteiger partial charge in [0.25, 0.3) is 5.91 Å². The highest BCUT2D eigenvalue weighted by Gasteiger charge is 2.42. The minimum absolute atomic E-state index is 0.0213. The second-order valence-electron chi connectivity index (χ2n) is 8.38. The van der Waals surface area contributed by atoms with Crippen molar-refractivity contribution in [1.82, 2.24) is 10.2 Å². The number of aliphatic imine (C=N–C) groups is 2. The van der Waals surface area contributed by atoms with Crippen molar-refractivity contribution in [2.75, 3.05) is 5.75 Å². The lowest BCUT2D eigenvalue weighted by molar-refractivity contribution is -0.128. The van der Waals surface area contributed by atoms with Gasteiger partial charge in [-0.1, -0.05) is 36.0 Å². The summed E-state index contributed by atoms with van der Waals surface area (Å²) in [6, 6.07) is 17.2. The van der Waals surface area contributed by atoms with Crippen molar-refractivity contribution in [1.29, 1.82) is 0 Å². The summed E-state index contributed by atoms with van der Waals surface area (Å²) in [4.78, 5) is 49.0. The lowest BCUT2D eigenvalue weighted by atomic mass is 10.1. The molecule has 0 radical (unpaired) electrons. The van der Waals surface area contributed by atoms with Gasteiger partial charge < -0.3 is 5.32 Å². The van der Waals surface area contributed by atoms with Gasteiger partial charge in [0.05, 0.1) is 17.9 Å². The quantitative estimate of drug-likeness (QED) is 0.474. The Labute approximate surface area is 215 Å². The zero-order valence-corrected chi connectivity index (χ0v) is 20.2. The normalized spacial score (nSPS) is 16.0. The third-order valence-electron chi connectivity index (χ3n) is 5.83. The average molecular weight is 519 g/mol. The first-order valence-electron chi connectivity index (χ1n) is 11.4. The Kier molecular flexibility index (Phi) is 6.91. The summed E-state index contributed by atoms with van der Waals surface area (Å²) >= 11 is 1.08. The summed E-state index contributed by atoms with van der Waals surface area (Å²) in [7, 11) is 0. The van der Waals surface area contributed by atoms with Crippen LogP contribution in [0, 0.1) is 11.6 Å². The molecular weight excluding hydrogens is 498 g/mol. The molecule has 10 heteroatoms. The van der Waals surface area contributed by atoms with Crippen LogP contribution in [-0.4, -0.2) is 45.3 Å². The van der Waals surface area contributed by atoms with Crippen molar-refractivity contribution in [3.63, 3.8) is 0 Å². The molecule has 7 nitrogen and oxygen atoms in total. The Morgan fingerprint density at radius 3 is 2.35 bits per heavy atom. The van der Waals surface area contributed by atoms with E-state index in [2.05, 4.69) is 15.3 Å². The Hall–Kier alpha value is -4.18. The summed E-state index contributed by atoms with van der Waals surface area (Å²) in [5.41, 5.74) is 2.33. The van der Waals surface area contributed by atoms with Crippen molar-refractivity contribution < 1.29 is 23.2 Å². The second kappa shape index (κ2) is 10.4. The Morgan fingerprint density at radius 2 is 1.62 bits per heavy atom. The minimum Gasteiger partial charge on any atom is -0.352 e. The minimum atomic E-state index is -0.951. The standard InChI is InChI=1S/C27H20F2N4O3S/c28-18-9-5-16(6-10-18)14-30-24(35)13-22-26(36)33-25(31-22)20-3-1-2-4-21(20)32-27(33)37-15-23(34)17-7-11-19(29)12-8-17/h1-12,22H,13-15H2,(H,30,35)/t22-/m0/s1. The van der Waals surface area contributed by atoms with E-state index in [1.807, 2.05) is 6.07 Å². The zero-order chi connectivity index (χ0) is 25.9. The largest absolute Gasteiger partial charge is 0.352 e. The van der Waals surface area contributed by atoms with Crippen LogP contribution in [0.5, 0.6) is 0 Å². The van der Waals surface area contributed by atoms with Crippen LogP contribution in [0.25, 0.3) is 0 Å². The number of amidine groups is 2. The zero-order valence-electron chi connectivity index (χ0n) is 19.4. The number of fused-ring (bicyclic) bond motifs is 3. The molecule has 1 atom stereocenters. The Morgan fingerprint density at radius 1 is 0.946 bits per heavy atom. The predicted molar refractivity (Wildman–Crippen MR) is 137 cm³/mol. The molecule has 0 bridgehead atoms. The molecule has 0 aromatic heterocycles. The number of Topliss-reactive ketones (excluding diaryl/α,β-unsaturated/α-hetero) is 1. The van der Waals surface area contributed by atoms with Gasteiger partial charge in [-0.2, -0.15) is 0 Å². The number of carbonyl (C=O) groups is 3. The lowest BCUT2D eigenvalue weighted by Crippen LogP contribution is -2.42. The van der Waals surface area contributed by atoms with Gasteiger partial charge in [0.1, 0.15) is 23.5 Å². The summed E-state index contributed by atoms with van der Waals surface area (Å²) < 4.78 is 26.3. The van der Waals surface area contributed by atoms with E-state index in [1.54, 1.807) is 30.3 Å². The summed E-state index contributed by atoms with van der Waals surface area (Å²) in [5, 5.41) is 3.02. The van der Waals surface area contributed by atoms with Crippen molar-refractivity contribution >= 4 is 46.1 Å². The van der Waals surface area contributed by atoms with E-state index >= 15 is 0 Å². The van der Waals surface area contributed by atoms with Crippen LogP contribution in [0.1, 0.15) is 27.9 Å². The number of rotatable bonds is 7. The molecule has 0 spiro atoms. The topological polar surface area (TPSA) is 91.2 Å². The molecule has 2 amide bonds. The number of ketones is 1. The van der Waals surface area contributed by atoms with Crippen LogP contribution in [0.3, 0.4) is 0 Å². The van der Waals surface area contributed by atoms with Gasteiger partial charge in [-0.15, -0.1) is 0 Å². The van der Waals surface area contributed by atoms with Gasteiger partial charge in [0.2, 0.25) is 5.91 Å². The molecule has 1 N–H and O–H groups in total. The summed E-state index contributed by atoms with van der Waals surface area (Å²) in [6.07, 6.45) is -0.172. The van der Waals surface area contributed by atoms with E-state index in [1.165, 1.54) is 41.3 Å². The summed E-state index contributed by atoms with van der Waals surface area (Å²) in [5.74, 6) is -1.48. The molecule has 3 aromatic rings. The van der Waals surface area contributed by atoms with Crippen molar-refractivity contribution in [2.45, 2.75) is 19.0 Å². The first-order chi connectivity index (χ1) is 17.9. The highest BCUT2D eigenvalue weighted by molar-refractivity contribution is 8.14. The predicted octanol–water partition coefficient (Wildman–Crippen LogP) is 4.25. The van der Waals surface area contributed by atoms with E-state index < -0.39 is 17.8 Å². The SMILES string of the molecule is O=C(C[C@@H]1N=C2c3ccccc3N=C(SCC(=O)c3ccc(F)cc3)N2C1=O)NCc1ccc(F)cc1. The molecule has 2 aliphatic heterocycles. The summed E-state index contributed by atoms with van der Waals surface area (Å²) in [6.45, 7) is 0.192. The fourth-order valence-corrected chi connectivity index (χ4v) is 4.83. The molecule has 3 aromatic carbocycles. The molecule has 5 rings (SSSR count). The van der Waals surface area contributed by atoms with Crippen LogP contribution in [0.4, 0.5) is 14.5 Å². The number of thioether (sulfide) groups is 1. The van der Waals surface area contributed by atoms with Gasteiger partial charge in [-0.3, -0.25) is 19.4 Å². The third-order valence-corrected chi connectivity index (χ3v) is 6.77. The van der Waals surface area contributed by atoms with E-state index in [-0.39, 0.29) is 41.4 Å².